The number of hydrogen-bond donors (Lipinski definition) is 0. The van der Waals surface area contributed by atoms with Crippen LogP contribution in [0.1, 0.15) is 5.56 Å². The molecule has 9 heteroatoms. The maximum Gasteiger partial charge on any atom is 0.288 e. The van der Waals surface area contributed by atoms with Crippen LogP contribution in [-0.2, 0) is 12.3 Å². The molecule has 1 heterocycles. The zero-order chi connectivity index (χ0) is 14.5. The first-order valence-electron chi connectivity index (χ1n) is 5.54. The first-order chi connectivity index (χ1) is 9.61. The Morgan fingerprint density at radius 1 is 1.55 bits per heavy atom. The molecule has 0 amide bonds. The van der Waals surface area contributed by atoms with E-state index in [9.17, 15) is 10.1 Å². The number of nitro groups is 1. The predicted octanol–water partition coefficient (Wildman–Crippen LogP) is 2.71. The molecule has 0 spiro atoms. The standard InChI is InChI=1S/C11H10ClN5O2S/c1-2-5-16-11(13-14-15-16)20-7-8-3-4-9(12)10(6-8)17(18)19/h2-4,6H,1,5,7H2. The Bertz CT molecular complexity index is 645. The molecule has 0 radical (unpaired) electrons. The van der Waals surface area contributed by atoms with Crippen molar-refractivity contribution in [3.8, 4) is 0 Å². The number of allylic oxidation sites excluding steroid dienone is 1. The lowest BCUT2D eigenvalue weighted by Gasteiger charge is -2.03. The summed E-state index contributed by atoms with van der Waals surface area (Å²) in [6, 6.07) is 4.71. The van der Waals surface area contributed by atoms with Gasteiger partial charge in [-0.1, -0.05) is 35.5 Å². The van der Waals surface area contributed by atoms with E-state index in [1.807, 2.05) is 0 Å². The summed E-state index contributed by atoms with van der Waals surface area (Å²) in [4.78, 5) is 10.3. The van der Waals surface area contributed by atoms with E-state index < -0.39 is 4.92 Å². The van der Waals surface area contributed by atoms with Crippen LogP contribution in [0.5, 0.6) is 0 Å². The van der Waals surface area contributed by atoms with Crippen molar-refractivity contribution in [2.75, 3.05) is 0 Å². The number of aromatic nitrogens is 4. The molecule has 104 valence electrons. The number of halogens is 1. The van der Waals surface area contributed by atoms with Gasteiger partial charge in [0.25, 0.3) is 5.69 Å². The molecule has 2 aromatic rings. The third kappa shape index (κ3) is 3.34. The minimum Gasteiger partial charge on any atom is -0.258 e. The minimum atomic E-state index is -0.502. The molecule has 0 fully saturated rings. The summed E-state index contributed by atoms with van der Waals surface area (Å²) >= 11 is 7.15. The van der Waals surface area contributed by atoms with E-state index in [0.29, 0.717) is 17.5 Å². The molecule has 1 aromatic carbocycles. The van der Waals surface area contributed by atoms with E-state index in [4.69, 9.17) is 11.6 Å². The van der Waals surface area contributed by atoms with Crippen molar-refractivity contribution in [3.63, 3.8) is 0 Å². The maximum absolute atomic E-state index is 10.8. The Morgan fingerprint density at radius 3 is 3.05 bits per heavy atom. The molecule has 2 rings (SSSR count). The topological polar surface area (TPSA) is 86.7 Å². The van der Waals surface area contributed by atoms with Crippen molar-refractivity contribution in [2.45, 2.75) is 17.5 Å². The van der Waals surface area contributed by atoms with Gasteiger partial charge in [0.2, 0.25) is 5.16 Å². The minimum absolute atomic E-state index is 0.101. The lowest BCUT2D eigenvalue weighted by molar-refractivity contribution is -0.384. The summed E-state index contributed by atoms with van der Waals surface area (Å²) in [6.45, 7) is 4.13. The van der Waals surface area contributed by atoms with E-state index >= 15 is 0 Å². The fourth-order valence-corrected chi connectivity index (χ4v) is 2.49. The largest absolute Gasteiger partial charge is 0.288 e. The Balaban J connectivity index is 2.11. The normalized spacial score (nSPS) is 10.4. The molecule has 1 aromatic heterocycles. The molecule has 0 bridgehead atoms. The number of tetrazole rings is 1. The van der Waals surface area contributed by atoms with Crippen LogP contribution in [0.15, 0.2) is 36.0 Å². The predicted molar refractivity (Wildman–Crippen MR) is 75.7 cm³/mol. The Morgan fingerprint density at radius 2 is 2.35 bits per heavy atom. The summed E-state index contributed by atoms with van der Waals surface area (Å²) in [5.74, 6) is 0.509. The number of nitrogens with zero attached hydrogens (tertiary/aromatic N) is 5. The van der Waals surface area contributed by atoms with Crippen molar-refractivity contribution in [1.29, 1.82) is 0 Å². The van der Waals surface area contributed by atoms with Gasteiger partial charge in [-0.2, -0.15) is 0 Å². The SMILES string of the molecule is C=CCn1nnnc1SCc1ccc(Cl)c([N+](=O)[O-])c1. The van der Waals surface area contributed by atoms with Gasteiger partial charge in [0.05, 0.1) is 11.5 Å². The average Bonchev–Trinajstić information content (AvgIpc) is 2.85. The van der Waals surface area contributed by atoms with Crippen molar-refractivity contribution >= 4 is 29.1 Å². The number of benzene rings is 1. The molecule has 0 atom stereocenters. The summed E-state index contributed by atoms with van der Waals surface area (Å²) in [7, 11) is 0. The second-order valence-corrected chi connectivity index (χ2v) is 5.11. The third-order valence-corrected chi connectivity index (χ3v) is 3.72. The highest BCUT2D eigenvalue weighted by Crippen LogP contribution is 2.28. The number of thioether (sulfide) groups is 1. The number of nitro benzene ring substituents is 1. The first-order valence-corrected chi connectivity index (χ1v) is 6.91. The molecule has 20 heavy (non-hydrogen) atoms. The van der Waals surface area contributed by atoms with E-state index in [0.717, 1.165) is 5.56 Å². The molecule has 0 saturated heterocycles. The summed E-state index contributed by atoms with van der Waals surface area (Å²) in [6.07, 6.45) is 1.69. The Labute approximate surface area is 123 Å². The second kappa shape index (κ2) is 6.49. The molecule has 0 unspecified atom stereocenters. The Kier molecular flexibility index (Phi) is 4.70. The highest BCUT2D eigenvalue weighted by molar-refractivity contribution is 7.98. The molecule has 0 aliphatic rings. The van der Waals surface area contributed by atoms with Gasteiger partial charge in [0, 0.05) is 11.8 Å². The van der Waals surface area contributed by atoms with E-state index in [1.54, 1.807) is 16.8 Å². The van der Waals surface area contributed by atoms with Crippen LogP contribution in [0, 0.1) is 10.1 Å². The summed E-state index contributed by atoms with van der Waals surface area (Å²) < 4.78 is 1.60. The summed E-state index contributed by atoms with van der Waals surface area (Å²) in [5, 5.41) is 22.8. The van der Waals surface area contributed by atoms with Crippen LogP contribution in [0.4, 0.5) is 5.69 Å². The Hall–Kier alpha value is -1.93. The van der Waals surface area contributed by atoms with Gasteiger partial charge < -0.3 is 0 Å². The summed E-state index contributed by atoms with van der Waals surface area (Å²) in [5.41, 5.74) is 0.676. The van der Waals surface area contributed by atoms with Gasteiger partial charge in [-0.15, -0.1) is 11.7 Å². The molecular formula is C11H10ClN5O2S. The van der Waals surface area contributed by atoms with Crippen LogP contribution in [-0.4, -0.2) is 25.1 Å². The van der Waals surface area contributed by atoms with Crippen molar-refractivity contribution in [3.05, 3.63) is 51.6 Å². The fraction of sp³-hybridized carbons (Fsp3) is 0.182. The molecule has 7 nitrogen and oxygen atoms in total. The fourth-order valence-electron chi connectivity index (χ4n) is 1.47. The molecule has 0 aliphatic carbocycles. The van der Waals surface area contributed by atoms with Crippen LogP contribution in [0.2, 0.25) is 5.02 Å². The van der Waals surface area contributed by atoms with E-state index in [1.165, 1.54) is 23.9 Å². The quantitative estimate of drug-likeness (QED) is 0.353. The number of hydrogen-bond acceptors (Lipinski definition) is 6. The maximum atomic E-state index is 10.8. The highest BCUT2D eigenvalue weighted by atomic mass is 35.5. The first kappa shape index (κ1) is 14.5. The smallest absolute Gasteiger partial charge is 0.258 e. The van der Waals surface area contributed by atoms with Crippen molar-refractivity contribution in [1.82, 2.24) is 20.2 Å². The number of rotatable bonds is 6. The van der Waals surface area contributed by atoms with Gasteiger partial charge in [-0.25, -0.2) is 4.68 Å². The zero-order valence-corrected chi connectivity index (χ0v) is 11.8. The zero-order valence-electron chi connectivity index (χ0n) is 10.3. The van der Waals surface area contributed by atoms with Crippen LogP contribution in [0.25, 0.3) is 0 Å². The van der Waals surface area contributed by atoms with Crippen LogP contribution in [0.3, 0.4) is 0 Å². The highest BCUT2D eigenvalue weighted by Gasteiger charge is 2.13. The van der Waals surface area contributed by atoms with Crippen molar-refractivity contribution < 1.29 is 4.92 Å². The van der Waals surface area contributed by atoms with Crippen molar-refractivity contribution in [2.24, 2.45) is 0 Å². The lowest BCUT2D eigenvalue weighted by Crippen LogP contribution is -2.00. The van der Waals surface area contributed by atoms with Gasteiger partial charge in [0.1, 0.15) is 5.02 Å². The van der Waals surface area contributed by atoms with Gasteiger partial charge in [0.15, 0.2) is 0 Å². The lowest BCUT2D eigenvalue weighted by atomic mass is 10.2. The van der Waals surface area contributed by atoms with Crippen LogP contribution < -0.4 is 0 Å². The molecule has 0 N–H and O–H groups in total. The molecule has 0 saturated carbocycles. The van der Waals surface area contributed by atoms with Gasteiger partial charge >= 0.3 is 0 Å². The van der Waals surface area contributed by atoms with Gasteiger partial charge in [-0.3, -0.25) is 10.1 Å². The van der Waals surface area contributed by atoms with Gasteiger partial charge in [-0.05, 0) is 22.1 Å². The monoisotopic (exact) mass is 311 g/mol. The van der Waals surface area contributed by atoms with Crippen LogP contribution >= 0.6 is 23.4 Å². The average molecular weight is 312 g/mol. The van der Waals surface area contributed by atoms with E-state index in [-0.39, 0.29) is 10.7 Å². The molecular weight excluding hydrogens is 302 g/mol. The third-order valence-electron chi connectivity index (χ3n) is 2.38. The van der Waals surface area contributed by atoms with E-state index in [2.05, 4.69) is 22.1 Å². The molecule has 0 aliphatic heterocycles. The second-order valence-electron chi connectivity index (χ2n) is 3.76.